The van der Waals surface area contributed by atoms with Crippen molar-refractivity contribution in [3.63, 3.8) is 0 Å². The molecular formula is C14H17N3O2. The van der Waals surface area contributed by atoms with Gasteiger partial charge in [-0.05, 0) is 12.0 Å². The van der Waals surface area contributed by atoms with Crippen LogP contribution in [0.1, 0.15) is 24.5 Å². The van der Waals surface area contributed by atoms with Gasteiger partial charge in [-0.2, -0.15) is 4.98 Å². The highest BCUT2D eigenvalue weighted by atomic mass is 16.5. The molecule has 19 heavy (non-hydrogen) atoms. The SMILES string of the molecule is CCc1ccc(-c2noc([C@H]3CNCCO3)n2)cc1. The van der Waals surface area contributed by atoms with Crippen LogP contribution < -0.4 is 5.32 Å². The lowest BCUT2D eigenvalue weighted by molar-refractivity contribution is 0.00755. The second-order valence-corrected chi connectivity index (χ2v) is 4.57. The van der Waals surface area contributed by atoms with Gasteiger partial charge in [0.05, 0.1) is 6.61 Å². The van der Waals surface area contributed by atoms with Crippen molar-refractivity contribution in [1.82, 2.24) is 15.5 Å². The van der Waals surface area contributed by atoms with Gasteiger partial charge in [0.25, 0.3) is 5.89 Å². The first-order valence-electron chi connectivity index (χ1n) is 6.62. The van der Waals surface area contributed by atoms with E-state index in [1.165, 1.54) is 5.56 Å². The summed E-state index contributed by atoms with van der Waals surface area (Å²) in [5, 5.41) is 7.27. The highest BCUT2D eigenvalue weighted by Crippen LogP contribution is 2.21. The van der Waals surface area contributed by atoms with Crippen LogP contribution in [-0.2, 0) is 11.2 Å². The Morgan fingerprint density at radius 1 is 1.32 bits per heavy atom. The van der Waals surface area contributed by atoms with E-state index in [0.717, 1.165) is 25.1 Å². The van der Waals surface area contributed by atoms with E-state index in [-0.39, 0.29) is 6.10 Å². The molecular weight excluding hydrogens is 242 g/mol. The van der Waals surface area contributed by atoms with Gasteiger partial charge in [0.2, 0.25) is 5.82 Å². The topological polar surface area (TPSA) is 60.2 Å². The van der Waals surface area contributed by atoms with Crippen LogP contribution in [0, 0.1) is 0 Å². The molecule has 0 amide bonds. The van der Waals surface area contributed by atoms with Crippen molar-refractivity contribution in [3.8, 4) is 11.4 Å². The molecule has 5 nitrogen and oxygen atoms in total. The van der Waals surface area contributed by atoms with Crippen LogP contribution in [0.2, 0.25) is 0 Å². The van der Waals surface area contributed by atoms with E-state index < -0.39 is 0 Å². The Morgan fingerprint density at radius 2 is 2.16 bits per heavy atom. The van der Waals surface area contributed by atoms with Gasteiger partial charge in [-0.15, -0.1) is 0 Å². The maximum atomic E-state index is 5.59. The molecule has 2 heterocycles. The number of benzene rings is 1. The number of aryl methyl sites for hydroxylation is 1. The van der Waals surface area contributed by atoms with E-state index >= 15 is 0 Å². The molecule has 0 spiro atoms. The molecule has 0 bridgehead atoms. The molecule has 1 atom stereocenters. The zero-order chi connectivity index (χ0) is 13.1. The molecule has 0 saturated carbocycles. The minimum atomic E-state index is -0.134. The maximum absolute atomic E-state index is 5.59. The summed E-state index contributed by atoms with van der Waals surface area (Å²) in [5.41, 5.74) is 2.27. The van der Waals surface area contributed by atoms with Gasteiger partial charge in [0, 0.05) is 18.7 Å². The summed E-state index contributed by atoms with van der Waals surface area (Å²) in [6.07, 6.45) is 0.893. The number of nitrogens with one attached hydrogen (secondary N) is 1. The molecule has 0 radical (unpaired) electrons. The summed E-state index contributed by atoms with van der Waals surface area (Å²) in [6.45, 7) is 4.40. The smallest absolute Gasteiger partial charge is 0.257 e. The summed E-state index contributed by atoms with van der Waals surface area (Å²) < 4.78 is 10.9. The van der Waals surface area contributed by atoms with Crippen LogP contribution in [0.25, 0.3) is 11.4 Å². The highest BCUT2D eigenvalue weighted by molar-refractivity contribution is 5.54. The van der Waals surface area contributed by atoms with Crippen LogP contribution in [0.5, 0.6) is 0 Å². The normalized spacial score (nSPS) is 19.5. The van der Waals surface area contributed by atoms with Crippen molar-refractivity contribution in [2.45, 2.75) is 19.4 Å². The molecule has 0 aliphatic carbocycles. The first-order valence-corrected chi connectivity index (χ1v) is 6.62. The fourth-order valence-corrected chi connectivity index (χ4v) is 2.10. The predicted molar refractivity (Wildman–Crippen MR) is 70.7 cm³/mol. The molecule has 100 valence electrons. The van der Waals surface area contributed by atoms with E-state index in [1.54, 1.807) is 0 Å². The third-order valence-corrected chi connectivity index (χ3v) is 3.27. The Hall–Kier alpha value is -1.72. The number of hydrogen-bond acceptors (Lipinski definition) is 5. The van der Waals surface area contributed by atoms with Crippen molar-refractivity contribution in [2.24, 2.45) is 0 Å². The van der Waals surface area contributed by atoms with Gasteiger partial charge in [-0.1, -0.05) is 36.3 Å². The molecule has 5 heteroatoms. The molecule has 1 saturated heterocycles. The highest BCUT2D eigenvalue weighted by Gasteiger charge is 2.22. The van der Waals surface area contributed by atoms with Crippen molar-refractivity contribution in [1.29, 1.82) is 0 Å². The van der Waals surface area contributed by atoms with E-state index in [1.807, 2.05) is 12.1 Å². The summed E-state index contributed by atoms with van der Waals surface area (Å²) in [5.74, 6) is 1.16. The molecule has 1 aliphatic heterocycles. The number of hydrogen-bond donors (Lipinski definition) is 1. The fourth-order valence-electron chi connectivity index (χ4n) is 2.10. The van der Waals surface area contributed by atoms with Gasteiger partial charge < -0.3 is 14.6 Å². The molecule has 1 fully saturated rings. The van der Waals surface area contributed by atoms with Gasteiger partial charge in [0.15, 0.2) is 0 Å². The lowest BCUT2D eigenvalue weighted by atomic mass is 10.1. The third kappa shape index (κ3) is 2.67. The fraction of sp³-hybridized carbons (Fsp3) is 0.429. The zero-order valence-corrected chi connectivity index (χ0v) is 10.9. The average Bonchev–Trinajstić information content (AvgIpc) is 2.98. The third-order valence-electron chi connectivity index (χ3n) is 3.27. The van der Waals surface area contributed by atoms with Crippen LogP contribution >= 0.6 is 0 Å². The number of aromatic nitrogens is 2. The quantitative estimate of drug-likeness (QED) is 0.913. The van der Waals surface area contributed by atoms with Crippen LogP contribution in [-0.4, -0.2) is 29.8 Å². The standard InChI is InChI=1S/C14H17N3O2/c1-2-10-3-5-11(6-4-10)13-16-14(19-17-13)12-9-15-7-8-18-12/h3-6,12,15H,2,7-9H2,1H3/t12-/m1/s1. The monoisotopic (exact) mass is 259 g/mol. The summed E-state index contributed by atoms with van der Waals surface area (Å²) in [7, 11) is 0. The van der Waals surface area contributed by atoms with Crippen molar-refractivity contribution >= 4 is 0 Å². The zero-order valence-electron chi connectivity index (χ0n) is 10.9. The number of rotatable bonds is 3. The van der Waals surface area contributed by atoms with Crippen molar-refractivity contribution < 1.29 is 9.26 Å². The van der Waals surface area contributed by atoms with Crippen molar-refractivity contribution in [2.75, 3.05) is 19.7 Å². The minimum Gasteiger partial charge on any atom is -0.366 e. The second kappa shape index (κ2) is 5.50. The molecule has 0 unspecified atom stereocenters. The average molecular weight is 259 g/mol. The molecule has 2 aromatic rings. The van der Waals surface area contributed by atoms with Gasteiger partial charge in [0.1, 0.15) is 6.10 Å². The van der Waals surface area contributed by atoms with Crippen LogP contribution in [0.15, 0.2) is 28.8 Å². The Bertz CT molecular complexity index is 530. The Morgan fingerprint density at radius 3 is 2.84 bits per heavy atom. The molecule has 1 aromatic carbocycles. The van der Waals surface area contributed by atoms with E-state index in [2.05, 4.69) is 34.5 Å². The number of morpholine rings is 1. The van der Waals surface area contributed by atoms with Crippen molar-refractivity contribution in [3.05, 3.63) is 35.7 Å². The second-order valence-electron chi connectivity index (χ2n) is 4.57. The number of nitrogens with zero attached hydrogens (tertiary/aromatic N) is 2. The Labute approximate surface area is 112 Å². The molecule has 1 N–H and O–H groups in total. The summed E-state index contributed by atoms with van der Waals surface area (Å²) in [6, 6.07) is 8.22. The van der Waals surface area contributed by atoms with Crippen LogP contribution in [0.3, 0.4) is 0 Å². The number of ether oxygens (including phenoxy) is 1. The summed E-state index contributed by atoms with van der Waals surface area (Å²) >= 11 is 0. The Kier molecular flexibility index (Phi) is 3.57. The Balaban J connectivity index is 1.79. The molecule has 3 rings (SSSR count). The van der Waals surface area contributed by atoms with E-state index in [4.69, 9.17) is 9.26 Å². The van der Waals surface area contributed by atoms with E-state index in [0.29, 0.717) is 18.3 Å². The lowest BCUT2D eigenvalue weighted by Gasteiger charge is -2.19. The summed E-state index contributed by atoms with van der Waals surface area (Å²) in [4.78, 5) is 4.42. The first-order chi connectivity index (χ1) is 9.36. The van der Waals surface area contributed by atoms with E-state index in [9.17, 15) is 0 Å². The molecule has 1 aromatic heterocycles. The maximum Gasteiger partial charge on any atom is 0.257 e. The molecule has 1 aliphatic rings. The minimum absolute atomic E-state index is 0.134. The van der Waals surface area contributed by atoms with Crippen LogP contribution in [0.4, 0.5) is 0 Å². The van der Waals surface area contributed by atoms with Gasteiger partial charge in [-0.3, -0.25) is 0 Å². The predicted octanol–water partition coefficient (Wildman–Crippen LogP) is 1.96. The first kappa shape index (κ1) is 12.3. The van der Waals surface area contributed by atoms with Gasteiger partial charge >= 0.3 is 0 Å². The van der Waals surface area contributed by atoms with Gasteiger partial charge in [-0.25, -0.2) is 0 Å². The lowest BCUT2D eigenvalue weighted by Crippen LogP contribution is -2.33. The largest absolute Gasteiger partial charge is 0.366 e.